The van der Waals surface area contributed by atoms with Crippen LogP contribution >= 0.6 is 0 Å². The number of hydrogen-bond donors (Lipinski definition) is 3. The number of rotatable bonds is 4. The first-order chi connectivity index (χ1) is 16.1. The summed E-state index contributed by atoms with van der Waals surface area (Å²) >= 11 is 0. The van der Waals surface area contributed by atoms with Gasteiger partial charge in [0.1, 0.15) is 11.2 Å². The van der Waals surface area contributed by atoms with Gasteiger partial charge in [-0.05, 0) is 43.5 Å². The standard InChI is InChI=1S/C24H24N6O3/c31-22-18-11-4-5-12-20(18)30-21(28-22)19(15-26-30)23(32)29-13-7-6-10-17(29)14-25-24(33)27-16-8-2-1-3-9-16/h1-5,8-9,11-12,15,17H,6-7,10,13-14H2,(H,28,31)(H2,25,27,33). The molecule has 5 rings (SSSR count). The number of benzene rings is 2. The number of para-hydroxylation sites is 2. The lowest BCUT2D eigenvalue weighted by molar-refractivity contribution is 0.0617. The molecule has 1 atom stereocenters. The minimum atomic E-state index is -0.314. The molecule has 4 aromatic rings. The van der Waals surface area contributed by atoms with Gasteiger partial charge in [0.25, 0.3) is 11.5 Å². The summed E-state index contributed by atoms with van der Waals surface area (Å²) in [5, 5.41) is 10.6. The van der Waals surface area contributed by atoms with E-state index in [1.54, 1.807) is 27.6 Å². The smallest absolute Gasteiger partial charge is 0.319 e. The topological polar surface area (TPSA) is 112 Å². The molecule has 0 aliphatic carbocycles. The Labute approximate surface area is 189 Å². The van der Waals surface area contributed by atoms with Crippen LogP contribution < -0.4 is 16.2 Å². The Hall–Kier alpha value is -4.14. The zero-order valence-electron chi connectivity index (χ0n) is 18.0. The van der Waals surface area contributed by atoms with E-state index < -0.39 is 0 Å². The van der Waals surface area contributed by atoms with Gasteiger partial charge in [-0.15, -0.1) is 0 Å². The van der Waals surface area contributed by atoms with Crippen LogP contribution in [-0.4, -0.2) is 50.6 Å². The molecule has 0 saturated carbocycles. The van der Waals surface area contributed by atoms with E-state index in [0.29, 0.717) is 40.9 Å². The van der Waals surface area contributed by atoms with E-state index in [2.05, 4.69) is 20.7 Å². The monoisotopic (exact) mass is 444 g/mol. The minimum absolute atomic E-state index is 0.144. The van der Waals surface area contributed by atoms with Gasteiger partial charge >= 0.3 is 6.03 Å². The highest BCUT2D eigenvalue weighted by Crippen LogP contribution is 2.22. The molecule has 3 N–H and O–H groups in total. The predicted octanol–water partition coefficient (Wildman–Crippen LogP) is 2.99. The quantitative estimate of drug-likeness (QED) is 0.449. The summed E-state index contributed by atoms with van der Waals surface area (Å²) in [7, 11) is 0. The first-order valence-corrected chi connectivity index (χ1v) is 11.0. The first-order valence-electron chi connectivity index (χ1n) is 11.0. The van der Waals surface area contributed by atoms with E-state index in [4.69, 9.17) is 0 Å². The van der Waals surface area contributed by atoms with Gasteiger partial charge in [-0.2, -0.15) is 5.10 Å². The number of aromatic nitrogens is 3. The molecule has 33 heavy (non-hydrogen) atoms. The van der Waals surface area contributed by atoms with Crippen LogP contribution in [0.3, 0.4) is 0 Å². The zero-order chi connectivity index (χ0) is 22.8. The third-order valence-electron chi connectivity index (χ3n) is 6.03. The third-order valence-corrected chi connectivity index (χ3v) is 6.03. The molecule has 9 heteroatoms. The van der Waals surface area contributed by atoms with Crippen LogP contribution in [0.1, 0.15) is 29.6 Å². The number of amides is 3. The average molecular weight is 444 g/mol. The van der Waals surface area contributed by atoms with Crippen LogP contribution in [0.15, 0.2) is 65.6 Å². The van der Waals surface area contributed by atoms with Crippen LogP contribution in [0.4, 0.5) is 10.5 Å². The molecule has 3 heterocycles. The maximum absolute atomic E-state index is 13.5. The number of piperidine rings is 1. The molecule has 1 aliphatic heterocycles. The number of nitrogens with zero attached hydrogens (tertiary/aromatic N) is 3. The number of urea groups is 1. The molecule has 1 aliphatic rings. The van der Waals surface area contributed by atoms with E-state index in [9.17, 15) is 14.4 Å². The second kappa shape index (κ2) is 8.78. The van der Waals surface area contributed by atoms with Gasteiger partial charge in [-0.25, -0.2) is 9.31 Å². The molecule has 2 aromatic carbocycles. The van der Waals surface area contributed by atoms with Crippen molar-refractivity contribution in [3.63, 3.8) is 0 Å². The highest BCUT2D eigenvalue weighted by molar-refractivity contribution is 6.01. The largest absolute Gasteiger partial charge is 0.336 e. The predicted molar refractivity (Wildman–Crippen MR) is 125 cm³/mol. The first kappa shape index (κ1) is 20.7. The highest BCUT2D eigenvalue weighted by atomic mass is 16.2. The number of nitrogens with one attached hydrogen (secondary N) is 3. The van der Waals surface area contributed by atoms with Gasteiger partial charge < -0.3 is 20.5 Å². The molecular weight excluding hydrogens is 420 g/mol. The number of likely N-dealkylation sites (tertiary alicyclic amines) is 1. The van der Waals surface area contributed by atoms with Gasteiger partial charge in [0.2, 0.25) is 0 Å². The van der Waals surface area contributed by atoms with Gasteiger partial charge in [0.05, 0.1) is 17.1 Å². The normalized spacial score (nSPS) is 16.1. The molecule has 3 amide bonds. The van der Waals surface area contributed by atoms with Crippen molar-refractivity contribution in [2.45, 2.75) is 25.3 Å². The summed E-state index contributed by atoms with van der Waals surface area (Å²) < 4.78 is 1.59. The van der Waals surface area contributed by atoms with Crippen molar-refractivity contribution in [1.82, 2.24) is 24.8 Å². The lowest BCUT2D eigenvalue weighted by Crippen LogP contribution is -2.50. The number of fused-ring (bicyclic) bond motifs is 3. The maximum atomic E-state index is 13.5. The van der Waals surface area contributed by atoms with Crippen LogP contribution in [0.25, 0.3) is 16.6 Å². The molecule has 1 fully saturated rings. The Kier molecular flexibility index (Phi) is 5.52. The summed E-state index contributed by atoms with van der Waals surface area (Å²) in [5.41, 5.74) is 1.81. The summed E-state index contributed by atoms with van der Waals surface area (Å²) in [6.45, 7) is 0.920. The van der Waals surface area contributed by atoms with E-state index in [0.717, 1.165) is 19.3 Å². The van der Waals surface area contributed by atoms with Crippen LogP contribution in [-0.2, 0) is 0 Å². The van der Waals surface area contributed by atoms with E-state index in [-0.39, 0.29) is 23.5 Å². The summed E-state index contributed by atoms with van der Waals surface area (Å²) in [6, 6.07) is 15.9. The summed E-state index contributed by atoms with van der Waals surface area (Å²) in [5.74, 6) is -0.203. The molecule has 1 unspecified atom stereocenters. The number of H-pyrrole nitrogens is 1. The third kappa shape index (κ3) is 4.05. The van der Waals surface area contributed by atoms with E-state index >= 15 is 0 Å². The van der Waals surface area contributed by atoms with E-state index in [1.165, 1.54) is 6.20 Å². The molecule has 9 nitrogen and oxygen atoms in total. The summed E-state index contributed by atoms with van der Waals surface area (Å²) in [6.07, 6.45) is 4.15. The average Bonchev–Trinajstić information content (AvgIpc) is 3.27. The molecule has 0 radical (unpaired) electrons. The number of carbonyl (C=O) groups is 2. The van der Waals surface area contributed by atoms with Crippen LogP contribution in [0.2, 0.25) is 0 Å². The molecule has 0 spiro atoms. The second-order valence-corrected chi connectivity index (χ2v) is 8.14. The van der Waals surface area contributed by atoms with Crippen molar-refractivity contribution in [3.05, 3.63) is 76.7 Å². The van der Waals surface area contributed by atoms with Crippen molar-refractivity contribution in [2.75, 3.05) is 18.4 Å². The van der Waals surface area contributed by atoms with Crippen LogP contribution in [0, 0.1) is 0 Å². The Bertz CT molecular complexity index is 1380. The highest BCUT2D eigenvalue weighted by Gasteiger charge is 2.30. The lowest BCUT2D eigenvalue weighted by atomic mass is 10.0. The zero-order valence-corrected chi connectivity index (χ0v) is 18.0. The number of anilines is 1. The molecular formula is C24H24N6O3. The SMILES string of the molecule is O=C(NCC1CCCCN1C(=O)c1cnn2c1[nH]c(=O)c1ccccc12)Nc1ccccc1. The fourth-order valence-corrected chi connectivity index (χ4v) is 4.38. The number of hydrogen-bond acceptors (Lipinski definition) is 4. The molecule has 168 valence electrons. The van der Waals surface area contributed by atoms with Crippen molar-refractivity contribution in [1.29, 1.82) is 0 Å². The van der Waals surface area contributed by atoms with Crippen molar-refractivity contribution in [3.8, 4) is 0 Å². The van der Waals surface area contributed by atoms with Gasteiger partial charge in [-0.1, -0.05) is 30.3 Å². The fraction of sp³-hybridized carbons (Fsp3) is 0.250. The van der Waals surface area contributed by atoms with Crippen molar-refractivity contribution in [2.24, 2.45) is 0 Å². The Morgan fingerprint density at radius 2 is 1.85 bits per heavy atom. The fourth-order valence-electron chi connectivity index (χ4n) is 4.38. The van der Waals surface area contributed by atoms with Crippen LogP contribution in [0.5, 0.6) is 0 Å². The molecule has 2 aromatic heterocycles. The Morgan fingerprint density at radius 1 is 1.06 bits per heavy atom. The molecule has 0 bridgehead atoms. The van der Waals surface area contributed by atoms with Gasteiger partial charge in [0, 0.05) is 24.8 Å². The Morgan fingerprint density at radius 3 is 2.70 bits per heavy atom. The van der Waals surface area contributed by atoms with E-state index in [1.807, 2.05) is 36.4 Å². The minimum Gasteiger partial charge on any atom is -0.336 e. The van der Waals surface area contributed by atoms with Gasteiger partial charge in [0.15, 0.2) is 0 Å². The van der Waals surface area contributed by atoms with Crippen molar-refractivity contribution < 1.29 is 9.59 Å². The second-order valence-electron chi connectivity index (χ2n) is 8.14. The Balaban J connectivity index is 1.36. The maximum Gasteiger partial charge on any atom is 0.319 e. The number of aromatic amines is 1. The molecule has 1 saturated heterocycles. The lowest BCUT2D eigenvalue weighted by Gasteiger charge is -2.35. The summed E-state index contributed by atoms with van der Waals surface area (Å²) in [4.78, 5) is 43.0. The number of carbonyl (C=O) groups excluding carboxylic acids is 2. The van der Waals surface area contributed by atoms with Crippen molar-refractivity contribution >= 4 is 34.2 Å². The van der Waals surface area contributed by atoms with Gasteiger partial charge in [-0.3, -0.25) is 9.59 Å².